The van der Waals surface area contributed by atoms with Gasteiger partial charge in [0.05, 0.1) is 36.9 Å². The van der Waals surface area contributed by atoms with Crippen LogP contribution in [0.3, 0.4) is 0 Å². The molecule has 8 rings (SSSR count). The molecule has 23 nitrogen and oxygen atoms in total. The molecule has 0 radical (unpaired) electrons. The van der Waals surface area contributed by atoms with E-state index in [1.807, 2.05) is 34.6 Å². The molecule has 3 aliphatic heterocycles. The summed E-state index contributed by atoms with van der Waals surface area (Å²) in [4.78, 5) is 39.7. The predicted molar refractivity (Wildman–Crippen MR) is 277 cm³/mol. The van der Waals surface area contributed by atoms with Gasteiger partial charge in [-0.05, 0) is 100 Å². The maximum Gasteiger partial charge on any atom is 0.335 e. The van der Waals surface area contributed by atoms with Gasteiger partial charge in [0.1, 0.15) is 79.9 Å². The Morgan fingerprint density at radius 3 is 1.79 bits per heavy atom. The van der Waals surface area contributed by atoms with Crippen molar-refractivity contribution >= 4 is 17.9 Å². The van der Waals surface area contributed by atoms with Crippen molar-refractivity contribution in [2.45, 2.75) is 231 Å². The first kappa shape index (κ1) is 63.0. The van der Waals surface area contributed by atoms with Gasteiger partial charge in [0.2, 0.25) is 0 Å². The number of aliphatic hydroxyl groups excluding tert-OH is 11. The molecule has 0 amide bonds. The molecular formula is C57H88O23. The molecule has 3 heterocycles. The number of carbonyl (C=O) groups excluding carboxylic acids is 2. The second-order valence-electron chi connectivity index (χ2n) is 26.0. The lowest BCUT2D eigenvalue weighted by Crippen LogP contribution is -2.76. The molecule has 5 aliphatic carbocycles. The number of rotatable bonds is 14. The summed E-state index contributed by atoms with van der Waals surface area (Å²) < 4.78 is 48.5. The van der Waals surface area contributed by atoms with Gasteiger partial charge in [0.25, 0.3) is 0 Å². The third-order valence-corrected chi connectivity index (χ3v) is 21.3. The Bertz CT molecular complexity index is 2390. The molecule has 26 atom stereocenters. The number of aliphatic carboxylic acids is 1. The lowest BCUT2D eigenvalue weighted by molar-refractivity contribution is -0.386. The zero-order chi connectivity index (χ0) is 59.3. The molecule has 8 aliphatic rings. The van der Waals surface area contributed by atoms with E-state index in [1.165, 1.54) is 0 Å². The highest BCUT2D eigenvalue weighted by atomic mass is 16.8. The summed E-state index contributed by atoms with van der Waals surface area (Å²) in [5, 5.41) is 135. The van der Waals surface area contributed by atoms with Crippen molar-refractivity contribution in [2.24, 2.45) is 50.2 Å². The smallest absolute Gasteiger partial charge is 0.335 e. The molecule has 0 aromatic rings. The van der Waals surface area contributed by atoms with E-state index >= 15 is 0 Å². The average Bonchev–Trinajstić information content (AvgIpc) is 1.93. The summed E-state index contributed by atoms with van der Waals surface area (Å²) in [6.07, 6.45) is -24.2. The first-order valence-corrected chi connectivity index (χ1v) is 28.1. The largest absolute Gasteiger partial charge is 0.479 e. The summed E-state index contributed by atoms with van der Waals surface area (Å²) in [6.45, 7) is 18.6. The third-order valence-electron chi connectivity index (χ3n) is 21.3. The van der Waals surface area contributed by atoms with Crippen LogP contribution < -0.4 is 0 Å². The van der Waals surface area contributed by atoms with E-state index in [0.29, 0.717) is 43.3 Å². The number of carbonyl (C=O) groups is 3. The van der Waals surface area contributed by atoms with Crippen molar-refractivity contribution in [3.8, 4) is 0 Å². The van der Waals surface area contributed by atoms with Crippen molar-refractivity contribution in [2.75, 3.05) is 19.8 Å². The molecule has 454 valence electrons. The molecule has 23 heteroatoms. The second kappa shape index (κ2) is 22.7. The van der Waals surface area contributed by atoms with Gasteiger partial charge >= 0.3 is 17.9 Å². The van der Waals surface area contributed by atoms with Gasteiger partial charge in [-0.25, -0.2) is 14.4 Å². The Kier molecular flexibility index (Phi) is 17.9. The van der Waals surface area contributed by atoms with E-state index in [9.17, 15) is 75.7 Å². The number of esters is 2. The zero-order valence-electron chi connectivity index (χ0n) is 47.7. The molecule has 80 heavy (non-hydrogen) atoms. The molecule has 7 fully saturated rings. The first-order valence-electron chi connectivity index (χ1n) is 28.1. The summed E-state index contributed by atoms with van der Waals surface area (Å²) in [7, 11) is 0. The van der Waals surface area contributed by atoms with E-state index in [-0.39, 0.29) is 18.3 Å². The van der Waals surface area contributed by atoms with E-state index in [2.05, 4.69) is 19.9 Å². The fraction of sp³-hybridized carbons (Fsp3) is 0.842. The van der Waals surface area contributed by atoms with Crippen LogP contribution in [0.5, 0.6) is 0 Å². The molecule has 0 spiro atoms. The minimum atomic E-state index is -2.13. The van der Waals surface area contributed by atoms with Crippen molar-refractivity contribution in [1.29, 1.82) is 0 Å². The Hall–Kier alpha value is -3.05. The first-order chi connectivity index (χ1) is 37.3. The molecule has 0 bridgehead atoms. The average molecular weight is 1140 g/mol. The van der Waals surface area contributed by atoms with E-state index in [4.69, 9.17) is 37.9 Å². The van der Waals surface area contributed by atoms with Crippen molar-refractivity contribution in [3.63, 3.8) is 0 Å². The van der Waals surface area contributed by atoms with Crippen LogP contribution in [-0.2, 0) is 52.3 Å². The molecule has 0 aromatic heterocycles. The number of aliphatic hydroxyl groups is 11. The van der Waals surface area contributed by atoms with Crippen LogP contribution in [0.1, 0.15) is 115 Å². The number of carboxylic acid groups (broad SMARTS) is 1. The quantitative estimate of drug-likeness (QED) is 0.0480. The fourth-order valence-electron chi connectivity index (χ4n) is 16.2. The molecule has 12 N–H and O–H groups in total. The fourth-order valence-corrected chi connectivity index (χ4v) is 16.2. The van der Waals surface area contributed by atoms with Gasteiger partial charge in [-0.2, -0.15) is 0 Å². The predicted octanol–water partition coefficient (Wildman–Crippen LogP) is 0.263. The van der Waals surface area contributed by atoms with Gasteiger partial charge in [-0.1, -0.05) is 72.3 Å². The summed E-state index contributed by atoms with van der Waals surface area (Å²) in [6, 6.07) is 0. The lowest BCUT2D eigenvalue weighted by Gasteiger charge is -2.73. The number of ether oxygens (including phenoxy) is 8. The third kappa shape index (κ3) is 9.85. The number of hydrogen-bond acceptors (Lipinski definition) is 22. The Morgan fingerprint density at radius 1 is 0.650 bits per heavy atom. The summed E-state index contributed by atoms with van der Waals surface area (Å²) >= 11 is 0. The SMILES string of the molecule is C/C=C(/C)C(=O)OC[C@@]12C(CC(C)(C)[C@@H](OC(=O)/C(C)=C\C)[C@@H]1O)C1=CCC3[C@@]4(C)CC[C@H](O[C@@H]5OC(C(=O)O)[C@H](O)[C@H](O[C@@H]6O[C@H](CO)[C@H](O)C6O)C5O[C@@H]5OC(CO)[C@H](O)[C@H](O)C5O)C(C)(C)C4CC[C@@]3(C)[C@]1(C)[C@@H](O)[C@H]2O. The molecule has 8 unspecified atom stereocenters. The standard InChI is InChI=1S/C57H88O23/c1-12-24(3)47(71)73-23-57-27(20-52(5,6)45(44(57)68)80-48(72)25(4)13-2)26-14-15-31-54(9)18-17-32(53(7,8)30(54)16-19-55(31,10)56(26,11)42(66)43(57)67)76-51-41(79-50-37(64)35(62)33(60)28(21-58)74-50)39(38(65)40(78-51)46(69)70)77-49-36(63)34(61)29(22-59)75-49/h12-14,27-45,49-51,58-68H,15-23H2,1-11H3,(H,69,70)/b24-12-,25-13-/t27?,28?,29-,30?,31?,32+,33+,34+,35+,36?,37?,38-,39+,40?,41?,42+,43-,44+,45+,49+,50+,51-,54+,55-,56+,57+/m1/s1. The topological polar surface area (TPSA) is 368 Å². The molecule has 3 saturated heterocycles. The summed E-state index contributed by atoms with van der Waals surface area (Å²) in [5.74, 6) is -3.95. The van der Waals surface area contributed by atoms with Crippen LogP contribution >= 0.6 is 0 Å². The highest BCUT2D eigenvalue weighted by Gasteiger charge is 2.76. The van der Waals surface area contributed by atoms with Gasteiger partial charge in [-0.15, -0.1) is 0 Å². The maximum atomic E-state index is 13.4. The highest BCUT2D eigenvalue weighted by Crippen LogP contribution is 2.76. The van der Waals surface area contributed by atoms with Crippen LogP contribution in [0.25, 0.3) is 0 Å². The van der Waals surface area contributed by atoms with Gasteiger partial charge in [0.15, 0.2) is 25.0 Å². The van der Waals surface area contributed by atoms with Crippen LogP contribution in [0.4, 0.5) is 0 Å². The van der Waals surface area contributed by atoms with Crippen LogP contribution in [0, 0.1) is 50.2 Å². The van der Waals surface area contributed by atoms with E-state index < -0.39 is 193 Å². The van der Waals surface area contributed by atoms with Crippen molar-refractivity contribution in [3.05, 3.63) is 34.9 Å². The normalized spacial score (nSPS) is 49.0. The van der Waals surface area contributed by atoms with Crippen molar-refractivity contribution in [1.82, 2.24) is 0 Å². The number of carboxylic acids is 1. The van der Waals surface area contributed by atoms with E-state index in [0.717, 1.165) is 5.57 Å². The van der Waals surface area contributed by atoms with Crippen LogP contribution in [-0.4, -0.2) is 216 Å². The lowest BCUT2D eigenvalue weighted by atomic mass is 9.32. The van der Waals surface area contributed by atoms with E-state index in [1.54, 1.807) is 39.8 Å². The maximum absolute atomic E-state index is 13.4. The van der Waals surface area contributed by atoms with Gasteiger partial charge in [0, 0.05) is 22.0 Å². The minimum absolute atomic E-state index is 0.153. The van der Waals surface area contributed by atoms with Gasteiger partial charge in [-0.3, -0.25) is 0 Å². The molecule has 4 saturated carbocycles. The van der Waals surface area contributed by atoms with Crippen LogP contribution in [0.2, 0.25) is 0 Å². The number of hydrogen-bond donors (Lipinski definition) is 12. The number of allylic oxidation sites excluding steroid dienone is 3. The molecule has 0 aromatic carbocycles. The monoisotopic (exact) mass is 1140 g/mol. The van der Waals surface area contributed by atoms with Gasteiger partial charge < -0.3 is 99.2 Å². The van der Waals surface area contributed by atoms with Crippen molar-refractivity contribution < 1.29 is 114 Å². The minimum Gasteiger partial charge on any atom is -0.479 e. The Labute approximate surface area is 466 Å². The number of fused-ring (bicyclic) bond motifs is 7. The zero-order valence-corrected chi connectivity index (χ0v) is 47.7. The Morgan fingerprint density at radius 2 is 1.21 bits per heavy atom. The Balaban J connectivity index is 1.14. The van der Waals surface area contributed by atoms with Crippen LogP contribution in [0.15, 0.2) is 34.9 Å². The second-order valence-corrected chi connectivity index (χ2v) is 26.0. The highest BCUT2D eigenvalue weighted by molar-refractivity contribution is 5.88. The summed E-state index contributed by atoms with van der Waals surface area (Å²) in [5.41, 5.74) is -4.34. The molecular weight excluding hydrogens is 1050 g/mol.